The predicted molar refractivity (Wildman–Crippen MR) is 69.1 cm³/mol. The minimum Gasteiger partial charge on any atom is -0.381 e. The molecule has 0 aromatic rings. The van der Waals surface area contributed by atoms with Crippen molar-refractivity contribution in [2.75, 3.05) is 25.2 Å². The van der Waals surface area contributed by atoms with Crippen LogP contribution in [-0.2, 0) is 9.47 Å². The summed E-state index contributed by atoms with van der Waals surface area (Å²) in [5.74, 6) is 0.728. The van der Waals surface area contributed by atoms with E-state index in [1.165, 1.54) is 44.9 Å². The average molecular weight is 291 g/mol. The maximum atomic E-state index is 6.26. The second-order valence-corrected chi connectivity index (χ2v) is 5.80. The van der Waals surface area contributed by atoms with Crippen LogP contribution in [0, 0.1) is 5.92 Å². The molecule has 1 aliphatic carbocycles. The van der Waals surface area contributed by atoms with Gasteiger partial charge in [0, 0.05) is 18.5 Å². The Labute approximate surface area is 107 Å². The molecule has 2 nitrogen and oxygen atoms in total. The van der Waals surface area contributed by atoms with Crippen LogP contribution in [0.1, 0.15) is 44.9 Å². The molecule has 0 bridgehead atoms. The third-order valence-electron chi connectivity index (χ3n) is 3.97. The van der Waals surface area contributed by atoms with Gasteiger partial charge in [0.05, 0.1) is 12.2 Å². The van der Waals surface area contributed by atoms with Gasteiger partial charge in [0.15, 0.2) is 0 Å². The molecular weight excluding hydrogens is 268 g/mol. The Bertz CT molecular complexity index is 196. The van der Waals surface area contributed by atoms with Crippen LogP contribution in [0.25, 0.3) is 0 Å². The Morgan fingerprint density at radius 2 is 1.81 bits per heavy atom. The van der Waals surface area contributed by atoms with Gasteiger partial charge in [-0.3, -0.25) is 0 Å². The van der Waals surface area contributed by atoms with Crippen LogP contribution in [-0.4, -0.2) is 30.8 Å². The number of hydrogen-bond acceptors (Lipinski definition) is 2. The first-order chi connectivity index (χ1) is 7.85. The zero-order valence-corrected chi connectivity index (χ0v) is 11.6. The van der Waals surface area contributed by atoms with Crippen molar-refractivity contribution in [3.8, 4) is 0 Å². The number of hydrogen-bond donors (Lipinski definition) is 0. The van der Waals surface area contributed by atoms with Gasteiger partial charge in [-0.1, -0.05) is 35.2 Å². The van der Waals surface area contributed by atoms with Gasteiger partial charge in [0.25, 0.3) is 0 Å². The lowest BCUT2D eigenvalue weighted by atomic mass is 9.86. The zero-order chi connectivity index (χ0) is 11.3. The molecule has 3 heteroatoms. The first-order valence-corrected chi connectivity index (χ1v) is 7.74. The molecule has 0 unspecified atom stereocenters. The van der Waals surface area contributed by atoms with E-state index in [1.807, 2.05) is 0 Å². The van der Waals surface area contributed by atoms with E-state index in [2.05, 4.69) is 15.9 Å². The van der Waals surface area contributed by atoms with E-state index < -0.39 is 0 Å². The van der Waals surface area contributed by atoms with Crippen molar-refractivity contribution < 1.29 is 9.47 Å². The summed E-state index contributed by atoms with van der Waals surface area (Å²) in [5, 5.41) is 1.00. The second kappa shape index (κ2) is 6.36. The summed E-state index contributed by atoms with van der Waals surface area (Å²) in [7, 11) is 0. The highest BCUT2D eigenvalue weighted by atomic mass is 79.9. The Hall–Kier alpha value is 0.400. The van der Waals surface area contributed by atoms with Crippen molar-refractivity contribution in [3.63, 3.8) is 0 Å². The van der Waals surface area contributed by atoms with Crippen LogP contribution in [0.4, 0.5) is 0 Å². The molecule has 0 aromatic carbocycles. The number of alkyl halides is 1. The highest BCUT2D eigenvalue weighted by Crippen LogP contribution is 2.34. The van der Waals surface area contributed by atoms with Crippen molar-refractivity contribution in [3.05, 3.63) is 0 Å². The van der Waals surface area contributed by atoms with Crippen molar-refractivity contribution in [1.29, 1.82) is 0 Å². The van der Waals surface area contributed by atoms with E-state index in [4.69, 9.17) is 9.47 Å². The molecule has 1 saturated heterocycles. The summed E-state index contributed by atoms with van der Waals surface area (Å²) in [6.07, 6.45) is 8.88. The van der Waals surface area contributed by atoms with Gasteiger partial charge in [-0.2, -0.15) is 0 Å². The molecule has 1 heterocycles. The largest absolute Gasteiger partial charge is 0.381 e. The van der Waals surface area contributed by atoms with E-state index in [0.29, 0.717) is 0 Å². The van der Waals surface area contributed by atoms with Crippen LogP contribution in [0.5, 0.6) is 0 Å². The summed E-state index contributed by atoms with van der Waals surface area (Å²) in [4.78, 5) is 0. The second-order valence-electron chi connectivity index (χ2n) is 5.24. The standard InChI is InChI=1S/C13H23BrO2/c14-11-13(6-2-1-3-7-13)16-10-12-4-8-15-9-5-12/h12H,1-11H2. The maximum absolute atomic E-state index is 6.26. The molecule has 0 aromatic heterocycles. The van der Waals surface area contributed by atoms with Crippen LogP contribution in [0.2, 0.25) is 0 Å². The number of rotatable bonds is 4. The summed E-state index contributed by atoms with van der Waals surface area (Å²) >= 11 is 3.64. The Morgan fingerprint density at radius 3 is 2.44 bits per heavy atom. The monoisotopic (exact) mass is 290 g/mol. The SMILES string of the molecule is BrCC1(OCC2CCOCC2)CCCCC1. The van der Waals surface area contributed by atoms with Gasteiger partial charge >= 0.3 is 0 Å². The Balaban J connectivity index is 1.77. The first-order valence-electron chi connectivity index (χ1n) is 6.62. The molecule has 0 atom stereocenters. The third kappa shape index (κ3) is 3.44. The minimum absolute atomic E-state index is 0.149. The molecular formula is C13H23BrO2. The van der Waals surface area contributed by atoms with Crippen molar-refractivity contribution >= 4 is 15.9 Å². The van der Waals surface area contributed by atoms with E-state index in [9.17, 15) is 0 Å². The zero-order valence-electron chi connectivity index (χ0n) is 10.0. The van der Waals surface area contributed by atoms with Crippen LogP contribution >= 0.6 is 15.9 Å². The van der Waals surface area contributed by atoms with Gasteiger partial charge in [0.1, 0.15) is 0 Å². The molecule has 94 valence electrons. The fourth-order valence-corrected chi connectivity index (χ4v) is 3.44. The fourth-order valence-electron chi connectivity index (χ4n) is 2.72. The minimum atomic E-state index is 0.149. The topological polar surface area (TPSA) is 18.5 Å². The average Bonchev–Trinajstić information content (AvgIpc) is 2.39. The number of halogens is 1. The highest BCUT2D eigenvalue weighted by Gasteiger charge is 2.32. The normalized spacial score (nSPS) is 26.8. The molecule has 0 spiro atoms. The van der Waals surface area contributed by atoms with Crippen molar-refractivity contribution in [1.82, 2.24) is 0 Å². The van der Waals surface area contributed by atoms with Crippen LogP contribution < -0.4 is 0 Å². The maximum Gasteiger partial charge on any atom is 0.0779 e. The van der Waals surface area contributed by atoms with Gasteiger partial charge in [0.2, 0.25) is 0 Å². The van der Waals surface area contributed by atoms with Crippen LogP contribution in [0.15, 0.2) is 0 Å². The van der Waals surface area contributed by atoms with E-state index in [0.717, 1.165) is 31.1 Å². The van der Waals surface area contributed by atoms with Gasteiger partial charge in [-0.05, 0) is 31.6 Å². The summed E-state index contributed by atoms with van der Waals surface area (Å²) in [6, 6.07) is 0. The highest BCUT2D eigenvalue weighted by molar-refractivity contribution is 9.09. The van der Waals surface area contributed by atoms with Gasteiger partial charge < -0.3 is 9.47 Å². The van der Waals surface area contributed by atoms with Gasteiger partial charge in [-0.25, -0.2) is 0 Å². The molecule has 0 N–H and O–H groups in total. The Kier molecular flexibility index (Phi) is 5.11. The predicted octanol–water partition coefficient (Wildman–Crippen LogP) is 3.53. The summed E-state index contributed by atoms with van der Waals surface area (Å²) in [5.41, 5.74) is 0.149. The molecule has 1 saturated carbocycles. The lowest BCUT2D eigenvalue weighted by molar-refractivity contribution is -0.0795. The van der Waals surface area contributed by atoms with Crippen molar-refractivity contribution in [2.24, 2.45) is 5.92 Å². The Morgan fingerprint density at radius 1 is 1.12 bits per heavy atom. The smallest absolute Gasteiger partial charge is 0.0779 e. The number of ether oxygens (including phenoxy) is 2. The lowest BCUT2D eigenvalue weighted by Gasteiger charge is -2.37. The van der Waals surface area contributed by atoms with Crippen molar-refractivity contribution in [2.45, 2.75) is 50.5 Å². The third-order valence-corrected chi connectivity index (χ3v) is 5.00. The summed E-state index contributed by atoms with van der Waals surface area (Å²) in [6.45, 7) is 2.79. The van der Waals surface area contributed by atoms with E-state index in [1.54, 1.807) is 0 Å². The van der Waals surface area contributed by atoms with E-state index >= 15 is 0 Å². The first kappa shape index (κ1) is 12.8. The van der Waals surface area contributed by atoms with E-state index in [-0.39, 0.29) is 5.60 Å². The molecule has 0 amide bonds. The molecule has 16 heavy (non-hydrogen) atoms. The molecule has 2 rings (SSSR count). The van der Waals surface area contributed by atoms with Gasteiger partial charge in [-0.15, -0.1) is 0 Å². The lowest BCUT2D eigenvalue weighted by Crippen LogP contribution is -2.39. The molecule has 2 fully saturated rings. The molecule has 2 aliphatic rings. The van der Waals surface area contributed by atoms with Crippen LogP contribution in [0.3, 0.4) is 0 Å². The molecule has 1 aliphatic heterocycles. The summed E-state index contributed by atoms with van der Waals surface area (Å²) < 4.78 is 11.6. The quantitative estimate of drug-likeness (QED) is 0.738. The fraction of sp³-hybridized carbons (Fsp3) is 1.00. The molecule has 0 radical (unpaired) electrons.